The van der Waals surface area contributed by atoms with Gasteiger partial charge in [0.25, 0.3) is 0 Å². The molecule has 0 radical (unpaired) electrons. The zero-order chi connectivity index (χ0) is 19.5. The molecule has 1 aromatic carbocycles. The molecule has 5 nitrogen and oxygen atoms in total. The maximum Gasteiger partial charge on any atom is 0.146 e. The zero-order valence-electron chi connectivity index (χ0n) is 16.5. The van der Waals surface area contributed by atoms with Gasteiger partial charge in [-0.15, -0.1) is 0 Å². The smallest absolute Gasteiger partial charge is 0.146 e. The van der Waals surface area contributed by atoms with E-state index in [1.54, 1.807) is 29.1 Å². The van der Waals surface area contributed by atoms with Gasteiger partial charge in [-0.3, -0.25) is 4.90 Å². The first kappa shape index (κ1) is 19.2. The summed E-state index contributed by atoms with van der Waals surface area (Å²) in [6, 6.07) is 4.94. The molecule has 2 aromatic rings. The van der Waals surface area contributed by atoms with E-state index in [0.717, 1.165) is 38.6 Å². The molecule has 1 N–H and O–H groups in total. The number of aliphatic hydroxyl groups excluding tert-OH is 1. The second-order valence-corrected chi connectivity index (χ2v) is 7.91. The number of aliphatic hydroxyl groups is 1. The van der Waals surface area contributed by atoms with Crippen molar-refractivity contribution in [2.75, 3.05) is 37.6 Å². The van der Waals surface area contributed by atoms with Crippen molar-refractivity contribution in [3.8, 4) is 0 Å². The fourth-order valence-electron chi connectivity index (χ4n) is 4.41. The van der Waals surface area contributed by atoms with Gasteiger partial charge in [-0.25, -0.2) is 9.37 Å². The first-order valence-corrected chi connectivity index (χ1v) is 10.2. The second kappa shape index (κ2) is 8.45. The van der Waals surface area contributed by atoms with Crippen LogP contribution in [0.5, 0.6) is 0 Å². The Labute approximate surface area is 166 Å². The molecule has 1 saturated heterocycles. The summed E-state index contributed by atoms with van der Waals surface area (Å²) in [4.78, 5) is 8.82. The number of allylic oxidation sites excluding steroid dienone is 2. The topological polar surface area (TPSA) is 44.5 Å². The van der Waals surface area contributed by atoms with Crippen LogP contribution in [-0.4, -0.2) is 52.3 Å². The number of piperazine rings is 1. The SMILES string of the molecule is Cn1ccnc1[C@H](O)c1cccc(F)c1N1CCN(C[C@@H]2CC=CCC2)CC1. The van der Waals surface area contributed by atoms with Crippen LogP contribution < -0.4 is 4.90 Å². The molecule has 0 bridgehead atoms. The van der Waals surface area contributed by atoms with Gasteiger partial charge < -0.3 is 14.6 Å². The van der Waals surface area contributed by atoms with Gasteiger partial charge in [0, 0.05) is 57.7 Å². The number of imidazole rings is 1. The number of anilines is 1. The number of nitrogens with zero attached hydrogens (tertiary/aromatic N) is 4. The summed E-state index contributed by atoms with van der Waals surface area (Å²) in [6.45, 7) is 4.50. The van der Waals surface area contributed by atoms with Crippen LogP contribution in [0.2, 0.25) is 0 Å². The van der Waals surface area contributed by atoms with Gasteiger partial charge in [0.05, 0.1) is 5.69 Å². The molecule has 2 aliphatic rings. The molecule has 6 heteroatoms. The first-order chi connectivity index (χ1) is 13.6. The number of benzene rings is 1. The molecular formula is C22H29FN4O. The van der Waals surface area contributed by atoms with Crippen molar-refractivity contribution in [2.45, 2.75) is 25.4 Å². The van der Waals surface area contributed by atoms with E-state index < -0.39 is 6.10 Å². The standard InChI is InChI=1S/C22H29FN4O/c1-25-11-10-24-22(25)21(28)18-8-5-9-19(23)20(18)27-14-12-26(13-15-27)16-17-6-3-2-4-7-17/h2-3,5,8-11,17,21,28H,4,6-7,12-16H2,1H3/t17-,21-/m1/s1. The van der Waals surface area contributed by atoms with E-state index in [9.17, 15) is 9.50 Å². The van der Waals surface area contributed by atoms with Crippen LogP contribution in [0.1, 0.15) is 36.8 Å². The van der Waals surface area contributed by atoms with Gasteiger partial charge in [-0.2, -0.15) is 0 Å². The lowest BCUT2D eigenvalue weighted by molar-refractivity contribution is 0.201. The van der Waals surface area contributed by atoms with Crippen molar-refractivity contribution in [1.82, 2.24) is 14.5 Å². The maximum absolute atomic E-state index is 14.8. The lowest BCUT2D eigenvalue weighted by atomic mass is 9.93. The Kier molecular flexibility index (Phi) is 5.78. The van der Waals surface area contributed by atoms with Crippen LogP contribution in [0.4, 0.5) is 10.1 Å². The predicted octanol–water partition coefficient (Wildman–Crippen LogP) is 3.12. The Morgan fingerprint density at radius 1 is 1.21 bits per heavy atom. The van der Waals surface area contributed by atoms with Gasteiger partial charge in [-0.1, -0.05) is 24.3 Å². The highest BCUT2D eigenvalue weighted by Crippen LogP contribution is 2.33. The monoisotopic (exact) mass is 384 g/mol. The summed E-state index contributed by atoms with van der Waals surface area (Å²) in [6.07, 6.45) is 10.7. The summed E-state index contributed by atoms with van der Waals surface area (Å²) >= 11 is 0. The van der Waals surface area contributed by atoms with E-state index in [0.29, 0.717) is 17.1 Å². The Morgan fingerprint density at radius 2 is 2.04 bits per heavy atom. The number of hydrogen-bond donors (Lipinski definition) is 1. The van der Waals surface area contributed by atoms with E-state index in [-0.39, 0.29) is 5.82 Å². The normalized spacial score (nSPS) is 21.8. The van der Waals surface area contributed by atoms with E-state index in [1.807, 2.05) is 7.05 Å². The minimum atomic E-state index is -0.947. The molecule has 4 rings (SSSR count). The van der Waals surface area contributed by atoms with Gasteiger partial charge in [0.2, 0.25) is 0 Å². The Hall–Kier alpha value is -2.18. The zero-order valence-corrected chi connectivity index (χ0v) is 16.5. The minimum Gasteiger partial charge on any atom is -0.380 e. The molecule has 2 heterocycles. The van der Waals surface area contributed by atoms with Crippen LogP contribution >= 0.6 is 0 Å². The van der Waals surface area contributed by atoms with Gasteiger partial charge in [0.1, 0.15) is 17.7 Å². The molecule has 1 aliphatic carbocycles. The molecular weight excluding hydrogens is 355 g/mol. The molecule has 0 spiro atoms. The molecule has 0 saturated carbocycles. The highest BCUT2D eigenvalue weighted by molar-refractivity contribution is 5.57. The third kappa shape index (κ3) is 3.98. The fraction of sp³-hybridized carbons (Fsp3) is 0.500. The molecule has 0 unspecified atom stereocenters. The molecule has 0 amide bonds. The average Bonchev–Trinajstić information content (AvgIpc) is 3.15. The number of aryl methyl sites for hydroxylation is 1. The molecule has 1 fully saturated rings. The lowest BCUT2D eigenvalue weighted by Crippen LogP contribution is -2.48. The van der Waals surface area contributed by atoms with Crippen molar-refractivity contribution < 1.29 is 9.50 Å². The molecule has 28 heavy (non-hydrogen) atoms. The Bertz CT molecular complexity index is 826. The van der Waals surface area contributed by atoms with Crippen molar-refractivity contribution >= 4 is 5.69 Å². The van der Waals surface area contributed by atoms with Crippen LogP contribution in [-0.2, 0) is 7.05 Å². The molecule has 1 aromatic heterocycles. The predicted molar refractivity (Wildman–Crippen MR) is 109 cm³/mol. The van der Waals surface area contributed by atoms with E-state index >= 15 is 0 Å². The minimum absolute atomic E-state index is 0.281. The number of aromatic nitrogens is 2. The number of halogens is 1. The summed E-state index contributed by atoms with van der Waals surface area (Å²) < 4.78 is 16.6. The van der Waals surface area contributed by atoms with E-state index in [1.165, 1.54) is 25.3 Å². The van der Waals surface area contributed by atoms with Crippen LogP contribution in [0, 0.1) is 11.7 Å². The quantitative estimate of drug-likeness (QED) is 0.805. The Morgan fingerprint density at radius 3 is 2.71 bits per heavy atom. The van der Waals surface area contributed by atoms with Crippen molar-refractivity contribution in [1.29, 1.82) is 0 Å². The third-order valence-corrected chi connectivity index (χ3v) is 6.00. The summed E-state index contributed by atoms with van der Waals surface area (Å²) in [5.74, 6) is 0.985. The van der Waals surface area contributed by atoms with Crippen molar-refractivity contribution in [3.05, 3.63) is 59.9 Å². The summed E-state index contributed by atoms with van der Waals surface area (Å²) in [7, 11) is 1.84. The molecule has 150 valence electrons. The lowest BCUT2D eigenvalue weighted by Gasteiger charge is -2.39. The van der Waals surface area contributed by atoms with Crippen LogP contribution in [0.25, 0.3) is 0 Å². The van der Waals surface area contributed by atoms with Gasteiger partial charge >= 0.3 is 0 Å². The van der Waals surface area contributed by atoms with Gasteiger partial charge in [0.15, 0.2) is 0 Å². The largest absolute Gasteiger partial charge is 0.380 e. The van der Waals surface area contributed by atoms with Gasteiger partial charge in [-0.05, 0) is 31.2 Å². The first-order valence-electron chi connectivity index (χ1n) is 10.2. The maximum atomic E-state index is 14.8. The van der Waals surface area contributed by atoms with E-state index in [2.05, 4.69) is 26.9 Å². The van der Waals surface area contributed by atoms with Crippen molar-refractivity contribution in [3.63, 3.8) is 0 Å². The van der Waals surface area contributed by atoms with Crippen LogP contribution in [0.3, 0.4) is 0 Å². The summed E-state index contributed by atoms with van der Waals surface area (Å²) in [5, 5.41) is 10.9. The highest BCUT2D eigenvalue weighted by Gasteiger charge is 2.27. The van der Waals surface area contributed by atoms with Crippen LogP contribution in [0.15, 0.2) is 42.7 Å². The summed E-state index contributed by atoms with van der Waals surface area (Å²) in [5.41, 5.74) is 1.10. The average molecular weight is 384 g/mol. The fourth-order valence-corrected chi connectivity index (χ4v) is 4.41. The molecule has 1 aliphatic heterocycles. The third-order valence-electron chi connectivity index (χ3n) is 6.00. The number of hydrogen-bond acceptors (Lipinski definition) is 4. The highest BCUT2D eigenvalue weighted by atomic mass is 19.1. The second-order valence-electron chi connectivity index (χ2n) is 7.91. The number of rotatable bonds is 5. The molecule has 2 atom stereocenters. The number of para-hydroxylation sites is 1. The van der Waals surface area contributed by atoms with E-state index in [4.69, 9.17) is 0 Å². The van der Waals surface area contributed by atoms with Crippen molar-refractivity contribution in [2.24, 2.45) is 13.0 Å². The Balaban J connectivity index is 1.47.